The van der Waals surface area contributed by atoms with Gasteiger partial charge in [-0.3, -0.25) is 4.79 Å². The van der Waals surface area contributed by atoms with Gasteiger partial charge in [0.05, 0.1) is 37.4 Å². The van der Waals surface area contributed by atoms with Crippen LogP contribution in [0.1, 0.15) is 12.8 Å². The summed E-state index contributed by atoms with van der Waals surface area (Å²) in [4.78, 5) is 12.3. The topological polar surface area (TPSA) is 336 Å². The Kier molecular flexibility index (Phi) is 13.0. The van der Waals surface area contributed by atoms with Gasteiger partial charge in [0.25, 0.3) is 0 Å². The molecule has 2 saturated heterocycles. The molecule has 1 aliphatic carbocycles. The SMILES string of the molecule is NC[C@@H]1O[C@H](O[C@H]2[C@@H](O)[C@H](O[C@@H]3[C@@H](O)[C@H](NC(=O)CCO)C[C@H](N)[C@H]3O[C@H]3O[C@H](CN)C=C[C@H]3N)O[C@@H]2CO)[C@H](N)[C@@H](O)[C@@H]1O. The zero-order valence-electron chi connectivity index (χ0n) is 24.6. The van der Waals surface area contributed by atoms with E-state index in [0.29, 0.717) is 0 Å². The van der Waals surface area contributed by atoms with Crippen LogP contribution < -0.4 is 34.0 Å². The van der Waals surface area contributed by atoms with Crippen molar-refractivity contribution in [3.05, 3.63) is 12.2 Å². The minimum Gasteiger partial charge on any atom is -0.396 e. The van der Waals surface area contributed by atoms with Crippen molar-refractivity contribution in [2.24, 2.45) is 28.7 Å². The summed E-state index contributed by atoms with van der Waals surface area (Å²) in [6, 6.07) is -3.80. The highest BCUT2D eigenvalue weighted by Crippen LogP contribution is 2.34. The lowest BCUT2D eigenvalue weighted by Crippen LogP contribution is -2.66. The van der Waals surface area contributed by atoms with Crippen LogP contribution in [0.3, 0.4) is 0 Å². The largest absolute Gasteiger partial charge is 0.396 e. The number of nitrogens with one attached hydrogen (secondary N) is 1. The van der Waals surface area contributed by atoms with E-state index in [1.807, 2.05) is 0 Å². The lowest BCUT2D eigenvalue weighted by Gasteiger charge is -2.46. The maximum absolute atomic E-state index is 12.3. The molecule has 0 aromatic rings. The van der Waals surface area contributed by atoms with Gasteiger partial charge < -0.3 is 93.0 Å². The fraction of sp³-hybridized carbons (Fsp3) is 0.885. The van der Waals surface area contributed by atoms with E-state index in [-0.39, 0.29) is 25.9 Å². The second kappa shape index (κ2) is 16.1. The van der Waals surface area contributed by atoms with Gasteiger partial charge in [-0.1, -0.05) is 12.2 Å². The molecule has 17 N–H and O–H groups in total. The number of amides is 1. The van der Waals surface area contributed by atoms with E-state index < -0.39 is 123 Å². The zero-order valence-corrected chi connectivity index (χ0v) is 24.6. The highest BCUT2D eigenvalue weighted by atomic mass is 16.8. The number of nitrogens with two attached hydrogens (primary N) is 5. The summed E-state index contributed by atoms with van der Waals surface area (Å²) in [7, 11) is 0. The van der Waals surface area contributed by atoms with Crippen LogP contribution in [0.5, 0.6) is 0 Å². The van der Waals surface area contributed by atoms with E-state index in [1.165, 1.54) is 0 Å². The molecule has 0 aromatic carbocycles. The van der Waals surface area contributed by atoms with Gasteiger partial charge >= 0.3 is 0 Å². The quantitative estimate of drug-likeness (QED) is 0.0871. The zero-order chi connectivity index (χ0) is 33.0. The predicted octanol–water partition coefficient (Wildman–Crippen LogP) is -7.52. The summed E-state index contributed by atoms with van der Waals surface area (Å²) in [6.45, 7) is -1.10. The van der Waals surface area contributed by atoms with E-state index in [9.17, 15) is 30.3 Å². The molecule has 1 saturated carbocycles. The molecule has 19 heteroatoms. The van der Waals surface area contributed by atoms with Crippen molar-refractivity contribution in [3.8, 4) is 0 Å². The van der Waals surface area contributed by atoms with Crippen LogP contribution in [-0.2, 0) is 33.2 Å². The van der Waals surface area contributed by atoms with Gasteiger partial charge in [-0.15, -0.1) is 0 Å². The van der Waals surface area contributed by atoms with Crippen LogP contribution in [0.2, 0.25) is 0 Å². The van der Waals surface area contributed by atoms with Crippen LogP contribution in [-0.4, -0.2) is 167 Å². The molecule has 17 atom stereocenters. The molecule has 45 heavy (non-hydrogen) atoms. The Balaban J connectivity index is 1.54. The molecule has 4 rings (SSSR count). The average molecular weight is 653 g/mol. The molecule has 0 bridgehead atoms. The van der Waals surface area contributed by atoms with E-state index in [0.717, 1.165) is 0 Å². The molecule has 260 valence electrons. The Morgan fingerprint density at radius 3 is 2.09 bits per heavy atom. The molecule has 4 aliphatic rings. The van der Waals surface area contributed by atoms with Crippen molar-refractivity contribution in [1.82, 2.24) is 5.32 Å². The Bertz CT molecular complexity index is 986. The second-order valence-corrected chi connectivity index (χ2v) is 11.6. The molecular weight excluding hydrogens is 604 g/mol. The maximum Gasteiger partial charge on any atom is 0.222 e. The predicted molar refractivity (Wildman–Crippen MR) is 151 cm³/mol. The number of hydrogen-bond acceptors (Lipinski definition) is 18. The van der Waals surface area contributed by atoms with E-state index in [4.69, 9.17) is 62.2 Å². The third kappa shape index (κ3) is 8.16. The Morgan fingerprint density at radius 2 is 1.44 bits per heavy atom. The number of ether oxygens (including phenoxy) is 6. The van der Waals surface area contributed by atoms with E-state index in [1.54, 1.807) is 12.2 Å². The van der Waals surface area contributed by atoms with Crippen LogP contribution in [0.25, 0.3) is 0 Å². The first kappa shape index (κ1) is 36.4. The summed E-state index contributed by atoms with van der Waals surface area (Å²) in [5.74, 6) is -0.543. The lowest BCUT2D eigenvalue weighted by atomic mass is 9.83. The number of aliphatic hydroxyl groups excluding tert-OH is 6. The highest BCUT2D eigenvalue weighted by Gasteiger charge is 2.54. The highest BCUT2D eigenvalue weighted by molar-refractivity contribution is 5.76. The van der Waals surface area contributed by atoms with Crippen molar-refractivity contribution in [2.75, 3.05) is 26.3 Å². The third-order valence-electron chi connectivity index (χ3n) is 8.43. The smallest absolute Gasteiger partial charge is 0.222 e. The van der Waals surface area contributed by atoms with Crippen molar-refractivity contribution in [2.45, 2.75) is 117 Å². The fourth-order valence-electron chi connectivity index (χ4n) is 5.87. The minimum atomic E-state index is -1.62. The van der Waals surface area contributed by atoms with Gasteiger partial charge in [-0.05, 0) is 6.42 Å². The van der Waals surface area contributed by atoms with E-state index >= 15 is 0 Å². The molecule has 19 nitrogen and oxygen atoms in total. The first-order chi connectivity index (χ1) is 21.4. The first-order valence-corrected chi connectivity index (χ1v) is 14.9. The van der Waals surface area contributed by atoms with Gasteiger partial charge in [0.15, 0.2) is 18.9 Å². The van der Waals surface area contributed by atoms with Crippen molar-refractivity contribution in [3.63, 3.8) is 0 Å². The average Bonchev–Trinajstić information content (AvgIpc) is 3.31. The molecular formula is C26H48N6O13. The van der Waals surface area contributed by atoms with Crippen LogP contribution in [0.4, 0.5) is 0 Å². The number of rotatable bonds is 12. The van der Waals surface area contributed by atoms with E-state index in [2.05, 4.69) is 5.32 Å². The molecule has 0 unspecified atom stereocenters. The van der Waals surface area contributed by atoms with Gasteiger partial charge in [0.1, 0.15) is 54.9 Å². The maximum atomic E-state index is 12.3. The van der Waals surface area contributed by atoms with Crippen molar-refractivity contribution >= 4 is 5.91 Å². The van der Waals surface area contributed by atoms with Crippen molar-refractivity contribution in [1.29, 1.82) is 0 Å². The lowest BCUT2D eigenvalue weighted by molar-refractivity contribution is -0.284. The molecule has 0 spiro atoms. The number of hydrogen-bond donors (Lipinski definition) is 12. The fourth-order valence-corrected chi connectivity index (χ4v) is 5.87. The molecule has 3 aliphatic heterocycles. The van der Waals surface area contributed by atoms with Gasteiger partial charge in [-0.25, -0.2) is 0 Å². The van der Waals surface area contributed by atoms with Gasteiger partial charge in [-0.2, -0.15) is 0 Å². The summed E-state index contributed by atoms with van der Waals surface area (Å²) in [5, 5.41) is 65.0. The monoisotopic (exact) mass is 652 g/mol. The van der Waals surface area contributed by atoms with Crippen LogP contribution >= 0.6 is 0 Å². The molecule has 0 radical (unpaired) electrons. The number of carbonyl (C=O) groups excluding carboxylic acids is 1. The Labute approximate surface area is 259 Å². The Morgan fingerprint density at radius 1 is 0.778 bits per heavy atom. The van der Waals surface area contributed by atoms with Gasteiger partial charge in [0.2, 0.25) is 5.91 Å². The summed E-state index contributed by atoms with van der Waals surface area (Å²) < 4.78 is 35.3. The Hall–Kier alpha value is -1.47. The number of aliphatic hydroxyl groups is 6. The second-order valence-electron chi connectivity index (χ2n) is 11.6. The summed E-state index contributed by atoms with van der Waals surface area (Å²) in [5.41, 5.74) is 30.0. The first-order valence-electron chi connectivity index (χ1n) is 14.9. The number of carbonyl (C=O) groups is 1. The van der Waals surface area contributed by atoms with Crippen LogP contribution in [0.15, 0.2) is 12.2 Å². The van der Waals surface area contributed by atoms with Gasteiger partial charge in [0, 0.05) is 25.6 Å². The molecule has 1 amide bonds. The molecule has 3 heterocycles. The molecule has 0 aromatic heterocycles. The summed E-state index contributed by atoms with van der Waals surface area (Å²) >= 11 is 0. The summed E-state index contributed by atoms with van der Waals surface area (Å²) in [6.07, 6.45) is -13.3. The standard InChI is InChI=1S/C26H48N6O13/c27-6-9-1-2-10(29)24(40-9)43-21-11(30)5-12(32-15(35)3-4-33)17(36)23(21)45-26-20(39)22(14(8-34)42-26)44-25-16(31)19(38)18(37)13(7-28)41-25/h1-2,9-14,16-26,33-34,36-39H,3-8,27-31H2,(H,32,35)/t9-,10+,11-,12+,13-,14+,16+,17-,18+,19+,20+,21+,22+,23+,24+,25+,26-/m0/s1. The normalized spacial score (nSPS) is 47.1. The molecule has 3 fully saturated rings. The van der Waals surface area contributed by atoms with Crippen molar-refractivity contribution < 1.29 is 63.9 Å². The third-order valence-corrected chi connectivity index (χ3v) is 8.43. The minimum absolute atomic E-state index is 0.0352. The van der Waals surface area contributed by atoms with Crippen LogP contribution in [0, 0.1) is 0 Å².